The molecule has 218 valence electrons. The number of aliphatic hydroxyl groups is 3. The highest BCUT2D eigenvalue weighted by atomic mass is 127. The summed E-state index contributed by atoms with van der Waals surface area (Å²) in [6, 6.07) is 2.67. The van der Waals surface area contributed by atoms with Crippen molar-refractivity contribution in [3.8, 4) is 11.5 Å². The molecule has 3 atom stereocenters. The molecule has 0 aliphatic heterocycles. The second-order valence-electron chi connectivity index (χ2n) is 9.97. The highest BCUT2D eigenvalue weighted by molar-refractivity contribution is 14.1. The lowest BCUT2D eigenvalue weighted by molar-refractivity contribution is -0.143. The molecular weight excluding hydrogens is 619 g/mol. The second-order valence-corrected chi connectivity index (χ2v) is 11.1. The molecular formula is C28H41IN2O8. The summed E-state index contributed by atoms with van der Waals surface area (Å²) in [4.78, 5) is 28.5. The van der Waals surface area contributed by atoms with Crippen molar-refractivity contribution in [1.82, 2.24) is 10.2 Å². The van der Waals surface area contributed by atoms with Crippen LogP contribution in [0.15, 0.2) is 23.8 Å². The summed E-state index contributed by atoms with van der Waals surface area (Å²) in [6.45, 7) is -0.0312. The second kappa shape index (κ2) is 15.8. The lowest BCUT2D eigenvalue weighted by Crippen LogP contribution is -2.58. The minimum Gasteiger partial charge on any atom is -0.493 e. The third kappa shape index (κ3) is 8.29. The average molecular weight is 661 g/mol. The van der Waals surface area contributed by atoms with Gasteiger partial charge in [-0.1, -0.05) is 25.7 Å². The van der Waals surface area contributed by atoms with Crippen LogP contribution in [0.2, 0.25) is 0 Å². The van der Waals surface area contributed by atoms with Gasteiger partial charge < -0.3 is 39.7 Å². The van der Waals surface area contributed by atoms with Gasteiger partial charge in [-0.25, -0.2) is 0 Å². The smallest absolute Gasteiger partial charge is 0.247 e. The fourth-order valence-corrected chi connectivity index (χ4v) is 6.17. The van der Waals surface area contributed by atoms with Gasteiger partial charge in [0.2, 0.25) is 11.8 Å². The highest BCUT2D eigenvalue weighted by Crippen LogP contribution is 2.38. The van der Waals surface area contributed by atoms with E-state index in [4.69, 9.17) is 14.2 Å². The third-order valence-electron chi connectivity index (χ3n) is 7.32. The number of carbonyl (C=O) groups excluding carboxylic acids is 2. The van der Waals surface area contributed by atoms with Gasteiger partial charge in [0.05, 0.1) is 43.0 Å². The van der Waals surface area contributed by atoms with E-state index in [9.17, 15) is 24.9 Å². The van der Waals surface area contributed by atoms with Gasteiger partial charge in [0.25, 0.3) is 0 Å². The van der Waals surface area contributed by atoms with E-state index >= 15 is 0 Å². The molecule has 2 amide bonds. The number of hydrogen-bond acceptors (Lipinski definition) is 8. The minimum atomic E-state index is -1.12. The molecule has 0 aromatic heterocycles. The van der Waals surface area contributed by atoms with E-state index in [2.05, 4.69) is 27.9 Å². The molecule has 3 rings (SSSR count). The standard InChI is InChI=1S/C28H41IN2O8/c1-37-12-9-25(34)31(20-7-5-3-4-6-8-20)22-15-19(28(36)30-10-11-32)16-23(26(22)35)39-27-21(29)13-18(17-33)14-24(27)38-2/h13-14,16,20,22-23,26,32-33,35H,3-12,15,17H2,1-2H3,(H,30,36). The van der Waals surface area contributed by atoms with E-state index in [-0.39, 0.29) is 57.1 Å². The van der Waals surface area contributed by atoms with Gasteiger partial charge in [-0.3, -0.25) is 9.59 Å². The minimum absolute atomic E-state index is 0.0597. The van der Waals surface area contributed by atoms with Gasteiger partial charge in [-0.2, -0.15) is 0 Å². The number of halogens is 1. The number of nitrogens with one attached hydrogen (secondary N) is 1. The molecule has 1 aromatic carbocycles. The van der Waals surface area contributed by atoms with Crippen LogP contribution in [0.5, 0.6) is 11.5 Å². The van der Waals surface area contributed by atoms with Crippen molar-refractivity contribution in [2.75, 3.05) is 34.0 Å². The van der Waals surface area contributed by atoms with Gasteiger partial charge in [0, 0.05) is 31.7 Å². The van der Waals surface area contributed by atoms with Crippen molar-refractivity contribution >= 4 is 34.4 Å². The van der Waals surface area contributed by atoms with Gasteiger partial charge >= 0.3 is 0 Å². The largest absolute Gasteiger partial charge is 0.493 e. The van der Waals surface area contributed by atoms with Crippen molar-refractivity contribution in [2.45, 2.75) is 82.3 Å². The molecule has 2 aliphatic carbocycles. The zero-order chi connectivity index (χ0) is 28.4. The summed E-state index contributed by atoms with van der Waals surface area (Å²) in [5.41, 5.74) is 1.02. The van der Waals surface area contributed by atoms with Crippen LogP contribution < -0.4 is 14.8 Å². The van der Waals surface area contributed by atoms with Gasteiger partial charge in [0.15, 0.2) is 11.5 Å². The molecule has 0 heterocycles. The summed E-state index contributed by atoms with van der Waals surface area (Å²) in [5.74, 6) is 0.259. The Hall–Kier alpha value is -1.93. The number of rotatable bonds is 12. The number of carbonyl (C=O) groups is 2. The van der Waals surface area contributed by atoms with Crippen molar-refractivity contribution < 1.29 is 39.1 Å². The van der Waals surface area contributed by atoms with Crippen LogP contribution in [0, 0.1) is 3.57 Å². The quantitative estimate of drug-likeness (QED) is 0.198. The summed E-state index contributed by atoms with van der Waals surface area (Å²) in [5, 5.41) is 33.2. The Kier molecular flexibility index (Phi) is 12.8. The summed E-state index contributed by atoms with van der Waals surface area (Å²) >= 11 is 2.08. The Morgan fingerprint density at radius 2 is 1.85 bits per heavy atom. The van der Waals surface area contributed by atoms with Crippen LogP contribution in [0.25, 0.3) is 0 Å². The van der Waals surface area contributed by atoms with E-state index in [1.54, 1.807) is 30.2 Å². The average Bonchev–Trinajstić information content (AvgIpc) is 3.22. The van der Waals surface area contributed by atoms with Crippen molar-refractivity contribution in [3.63, 3.8) is 0 Å². The van der Waals surface area contributed by atoms with Crippen LogP contribution in [-0.4, -0.2) is 90.3 Å². The topological polar surface area (TPSA) is 138 Å². The Bertz CT molecular complexity index is 996. The normalized spacial score (nSPS) is 22.0. The van der Waals surface area contributed by atoms with E-state index in [0.29, 0.717) is 26.2 Å². The highest BCUT2D eigenvalue weighted by Gasteiger charge is 2.43. The molecule has 10 nitrogen and oxygen atoms in total. The number of methoxy groups -OCH3 is 2. The van der Waals surface area contributed by atoms with Crippen molar-refractivity contribution in [3.05, 3.63) is 32.9 Å². The lowest BCUT2D eigenvalue weighted by atomic mass is 9.86. The molecule has 39 heavy (non-hydrogen) atoms. The molecule has 0 radical (unpaired) electrons. The summed E-state index contributed by atoms with van der Waals surface area (Å²) < 4.78 is 17.7. The fourth-order valence-electron chi connectivity index (χ4n) is 5.38. The SMILES string of the molecule is COCCC(=O)N(C1CCCCCC1)C1CC(C(=O)NCCO)=CC(Oc2c(I)cc(CO)cc2OC)C1O. The number of nitrogens with zero attached hydrogens (tertiary/aromatic N) is 1. The van der Waals surface area contributed by atoms with E-state index in [1.165, 1.54) is 7.11 Å². The number of amides is 2. The van der Waals surface area contributed by atoms with Crippen molar-refractivity contribution in [1.29, 1.82) is 0 Å². The van der Waals surface area contributed by atoms with E-state index in [0.717, 1.165) is 38.5 Å². The van der Waals surface area contributed by atoms with Crippen LogP contribution in [0.4, 0.5) is 0 Å². The molecule has 1 saturated carbocycles. The van der Waals surface area contributed by atoms with Crippen LogP contribution in [0.1, 0.15) is 56.9 Å². The maximum Gasteiger partial charge on any atom is 0.247 e. The van der Waals surface area contributed by atoms with E-state index < -0.39 is 18.2 Å². The zero-order valence-corrected chi connectivity index (χ0v) is 24.9. The summed E-state index contributed by atoms with van der Waals surface area (Å²) in [6.07, 6.45) is 5.71. The third-order valence-corrected chi connectivity index (χ3v) is 8.12. The van der Waals surface area contributed by atoms with Crippen LogP contribution >= 0.6 is 22.6 Å². The number of benzene rings is 1. The maximum absolute atomic E-state index is 13.6. The molecule has 11 heteroatoms. The van der Waals surface area contributed by atoms with Crippen LogP contribution in [-0.2, 0) is 20.9 Å². The Morgan fingerprint density at radius 1 is 1.13 bits per heavy atom. The molecule has 4 N–H and O–H groups in total. The maximum atomic E-state index is 13.6. The monoisotopic (exact) mass is 660 g/mol. The molecule has 0 bridgehead atoms. The Morgan fingerprint density at radius 3 is 2.46 bits per heavy atom. The zero-order valence-electron chi connectivity index (χ0n) is 22.7. The number of ether oxygens (including phenoxy) is 3. The molecule has 3 unspecified atom stereocenters. The molecule has 0 saturated heterocycles. The van der Waals surface area contributed by atoms with Gasteiger partial charge in [-0.15, -0.1) is 0 Å². The first-order valence-electron chi connectivity index (χ1n) is 13.6. The molecule has 1 aromatic rings. The predicted molar refractivity (Wildman–Crippen MR) is 153 cm³/mol. The van der Waals surface area contributed by atoms with E-state index in [1.807, 2.05) is 0 Å². The predicted octanol–water partition coefficient (Wildman–Crippen LogP) is 2.30. The van der Waals surface area contributed by atoms with Gasteiger partial charge in [0.1, 0.15) is 12.2 Å². The Balaban J connectivity index is 2.02. The van der Waals surface area contributed by atoms with Crippen molar-refractivity contribution in [2.24, 2.45) is 0 Å². The molecule has 2 aliphatic rings. The number of aliphatic hydroxyl groups excluding tert-OH is 3. The first-order chi connectivity index (χ1) is 18.8. The molecule has 1 fully saturated rings. The van der Waals surface area contributed by atoms with Gasteiger partial charge in [-0.05, 0) is 59.2 Å². The number of hydrogen-bond donors (Lipinski definition) is 4. The lowest BCUT2D eigenvalue weighted by Gasteiger charge is -2.44. The summed E-state index contributed by atoms with van der Waals surface area (Å²) in [7, 11) is 3.04. The van der Waals surface area contributed by atoms with Crippen LogP contribution in [0.3, 0.4) is 0 Å². The first-order valence-corrected chi connectivity index (χ1v) is 14.6. The first kappa shape index (κ1) is 31.6. The molecule has 0 spiro atoms. The fraction of sp³-hybridized carbons (Fsp3) is 0.643. The Labute approximate surface area is 243 Å².